The van der Waals surface area contributed by atoms with Crippen LogP contribution in [0.1, 0.15) is 50.4 Å². The number of nitrogens with one attached hydrogen (secondary N) is 1. The fourth-order valence-electron chi connectivity index (χ4n) is 4.00. The second-order valence-corrected chi connectivity index (χ2v) is 9.15. The predicted molar refractivity (Wildman–Crippen MR) is 108 cm³/mol. The lowest BCUT2D eigenvalue weighted by Gasteiger charge is -2.35. The maximum absolute atomic E-state index is 13.9. The van der Waals surface area contributed by atoms with E-state index in [0.29, 0.717) is 32.5 Å². The van der Waals surface area contributed by atoms with E-state index in [4.69, 9.17) is 11.6 Å². The first-order chi connectivity index (χ1) is 13.6. The highest BCUT2D eigenvalue weighted by molar-refractivity contribution is 6.33. The minimum Gasteiger partial charge on any atom is -0.349 e. The third-order valence-electron chi connectivity index (χ3n) is 5.62. The molecule has 1 atom stereocenters. The van der Waals surface area contributed by atoms with Crippen LogP contribution in [0.25, 0.3) is 0 Å². The van der Waals surface area contributed by atoms with Gasteiger partial charge in [0, 0.05) is 37.6 Å². The Bertz CT molecular complexity index is 796. The number of likely N-dealkylation sites (tertiary alicyclic amines) is 2. The van der Waals surface area contributed by atoms with Gasteiger partial charge in [0.15, 0.2) is 0 Å². The van der Waals surface area contributed by atoms with E-state index < -0.39 is 11.7 Å². The molecule has 3 rings (SSSR count). The van der Waals surface area contributed by atoms with E-state index in [1.165, 1.54) is 18.2 Å². The normalized spacial score (nSPS) is 20.9. The van der Waals surface area contributed by atoms with Crippen molar-refractivity contribution in [3.05, 3.63) is 34.6 Å². The Kier molecular flexibility index (Phi) is 6.17. The van der Waals surface area contributed by atoms with Gasteiger partial charge < -0.3 is 15.1 Å². The molecule has 0 spiro atoms. The SMILES string of the molecule is CC(C)(C)N1CC(C(=O)N2CCC(NC(=O)c3c(F)cccc3Cl)CC2)CC1=O. The average molecular weight is 424 g/mol. The van der Waals surface area contributed by atoms with Crippen LogP contribution in [-0.2, 0) is 9.59 Å². The van der Waals surface area contributed by atoms with Gasteiger partial charge in [0.25, 0.3) is 5.91 Å². The molecule has 2 saturated heterocycles. The Morgan fingerprint density at radius 1 is 1.21 bits per heavy atom. The van der Waals surface area contributed by atoms with Gasteiger partial charge in [-0.3, -0.25) is 14.4 Å². The van der Waals surface area contributed by atoms with Crippen molar-refractivity contribution in [1.82, 2.24) is 15.1 Å². The summed E-state index contributed by atoms with van der Waals surface area (Å²) in [6.07, 6.45) is 1.40. The topological polar surface area (TPSA) is 69.7 Å². The van der Waals surface area contributed by atoms with Crippen molar-refractivity contribution < 1.29 is 18.8 Å². The van der Waals surface area contributed by atoms with Crippen molar-refractivity contribution in [3.63, 3.8) is 0 Å². The molecule has 1 aromatic rings. The quantitative estimate of drug-likeness (QED) is 0.812. The molecule has 1 aromatic carbocycles. The number of amides is 3. The highest BCUT2D eigenvalue weighted by Gasteiger charge is 2.41. The summed E-state index contributed by atoms with van der Waals surface area (Å²) in [6, 6.07) is 3.97. The van der Waals surface area contributed by atoms with Crippen molar-refractivity contribution in [2.24, 2.45) is 5.92 Å². The zero-order valence-electron chi connectivity index (χ0n) is 17.0. The molecule has 2 heterocycles. The number of nitrogens with zero attached hydrogens (tertiary/aromatic N) is 2. The van der Waals surface area contributed by atoms with E-state index >= 15 is 0 Å². The van der Waals surface area contributed by atoms with E-state index in [9.17, 15) is 18.8 Å². The van der Waals surface area contributed by atoms with E-state index in [1.807, 2.05) is 20.8 Å². The Morgan fingerprint density at radius 2 is 1.86 bits per heavy atom. The fourth-order valence-corrected chi connectivity index (χ4v) is 4.24. The van der Waals surface area contributed by atoms with Gasteiger partial charge in [0.2, 0.25) is 11.8 Å². The summed E-state index contributed by atoms with van der Waals surface area (Å²) in [5.41, 5.74) is -0.448. The molecule has 0 aliphatic carbocycles. The summed E-state index contributed by atoms with van der Waals surface area (Å²) in [6.45, 7) is 7.34. The summed E-state index contributed by atoms with van der Waals surface area (Å²) in [4.78, 5) is 41.0. The van der Waals surface area contributed by atoms with E-state index in [0.717, 1.165) is 0 Å². The van der Waals surface area contributed by atoms with Crippen LogP contribution in [0.5, 0.6) is 0 Å². The van der Waals surface area contributed by atoms with Gasteiger partial charge >= 0.3 is 0 Å². The Labute approximate surface area is 175 Å². The van der Waals surface area contributed by atoms with E-state index in [1.54, 1.807) is 9.80 Å². The number of halogens is 2. The molecule has 1 N–H and O–H groups in total. The van der Waals surface area contributed by atoms with Gasteiger partial charge in [0.1, 0.15) is 5.82 Å². The van der Waals surface area contributed by atoms with Crippen LogP contribution in [0.3, 0.4) is 0 Å². The number of benzene rings is 1. The summed E-state index contributed by atoms with van der Waals surface area (Å²) in [5.74, 6) is -1.51. The van der Waals surface area contributed by atoms with Gasteiger partial charge in [-0.2, -0.15) is 0 Å². The minimum absolute atomic E-state index is 0.00738. The molecule has 2 aliphatic heterocycles. The number of piperidine rings is 1. The monoisotopic (exact) mass is 423 g/mol. The van der Waals surface area contributed by atoms with Gasteiger partial charge in [0.05, 0.1) is 16.5 Å². The van der Waals surface area contributed by atoms with Crippen LogP contribution in [0.4, 0.5) is 4.39 Å². The first-order valence-corrected chi connectivity index (χ1v) is 10.3. The van der Waals surface area contributed by atoms with Crippen LogP contribution in [-0.4, -0.2) is 58.7 Å². The fraction of sp³-hybridized carbons (Fsp3) is 0.571. The third kappa shape index (κ3) is 4.71. The maximum Gasteiger partial charge on any atom is 0.255 e. The van der Waals surface area contributed by atoms with Crippen molar-refractivity contribution in [3.8, 4) is 0 Å². The van der Waals surface area contributed by atoms with E-state index in [2.05, 4.69) is 5.32 Å². The zero-order valence-corrected chi connectivity index (χ0v) is 17.8. The molecule has 2 aliphatic rings. The lowest BCUT2D eigenvalue weighted by atomic mass is 10.0. The summed E-state index contributed by atoms with van der Waals surface area (Å²) >= 11 is 5.95. The van der Waals surface area contributed by atoms with Crippen LogP contribution in [0, 0.1) is 11.7 Å². The lowest BCUT2D eigenvalue weighted by molar-refractivity contribution is -0.136. The predicted octanol–water partition coefficient (Wildman–Crippen LogP) is 2.85. The Morgan fingerprint density at radius 3 is 2.41 bits per heavy atom. The minimum atomic E-state index is -0.656. The van der Waals surface area contributed by atoms with Gasteiger partial charge in [-0.15, -0.1) is 0 Å². The molecule has 0 aromatic heterocycles. The van der Waals surface area contributed by atoms with Crippen molar-refractivity contribution in [2.75, 3.05) is 19.6 Å². The molecular weight excluding hydrogens is 397 g/mol. The molecular formula is C21H27ClFN3O3. The second-order valence-electron chi connectivity index (χ2n) is 8.75. The number of carbonyl (C=O) groups is 3. The van der Waals surface area contributed by atoms with Crippen LogP contribution < -0.4 is 5.32 Å². The first kappa shape index (κ1) is 21.6. The molecule has 3 amide bonds. The van der Waals surface area contributed by atoms with Crippen molar-refractivity contribution in [1.29, 1.82) is 0 Å². The van der Waals surface area contributed by atoms with Crippen molar-refractivity contribution in [2.45, 2.75) is 51.6 Å². The largest absolute Gasteiger partial charge is 0.349 e. The molecule has 8 heteroatoms. The second kappa shape index (κ2) is 8.30. The summed E-state index contributed by atoms with van der Waals surface area (Å²) in [7, 11) is 0. The Balaban J connectivity index is 1.54. The van der Waals surface area contributed by atoms with Gasteiger partial charge in [-0.25, -0.2) is 4.39 Å². The van der Waals surface area contributed by atoms with Gasteiger partial charge in [-0.05, 0) is 45.7 Å². The molecule has 1 unspecified atom stereocenters. The van der Waals surface area contributed by atoms with Crippen LogP contribution in [0.15, 0.2) is 18.2 Å². The Hall–Kier alpha value is -2.15. The lowest BCUT2D eigenvalue weighted by Crippen LogP contribution is -2.49. The highest BCUT2D eigenvalue weighted by Crippen LogP contribution is 2.28. The number of rotatable bonds is 3. The molecule has 0 radical (unpaired) electrons. The number of hydrogen-bond donors (Lipinski definition) is 1. The molecule has 6 nitrogen and oxygen atoms in total. The van der Waals surface area contributed by atoms with Crippen LogP contribution in [0.2, 0.25) is 5.02 Å². The van der Waals surface area contributed by atoms with E-state index in [-0.39, 0.29) is 46.3 Å². The van der Waals surface area contributed by atoms with Gasteiger partial charge in [-0.1, -0.05) is 17.7 Å². The number of carbonyl (C=O) groups excluding carboxylic acids is 3. The molecule has 0 bridgehead atoms. The summed E-state index contributed by atoms with van der Waals surface area (Å²) in [5, 5.41) is 2.89. The first-order valence-electron chi connectivity index (χ1n) is 9.92. The molecule has 2 fully saturated rings. The zero-order chi connectivity index (χ0) is 21.3. The average Bonchev–Trinajstić information content (AvgIpc) is 3.04. The van der Waals surface area contributed by atoms with Crippen molar-refractivity contribution >= 4 is 29.3 Å². The molecule has 158 valence electrons. The molecule has 0 saturated carbocycles. The molecule has 29 heavy (non-hydrogen) atoms. The highest BCUT2D eigenvalue weighted by atomic mass is 35.5. The maximum atomic E-state index is 13.9. The standard InChI is InChI=1S/C21H27ClFN3O3/c1-21(2,3)26-12-13(11-17(26)27)20(29)25-9-7-14(8-10-25)24-19(28)18-15(22)5-4-6-16(18)23/h4-6,13-14H,7-12H2,1-3H3,(H,24,28). The number of hydrogen-bond acceptors (Lipinski definition) is 3. The third-order valence-corrected chi connectivity index (χ3v) is 5.93. The van der Waals surface area contributed by atoms with Crippen LogP contribution >= 0.6 is 11.6 Å². The smallest absolute Gasteiger partial charge is 0.255 e. The summed E-state index contributed by atoms with van der Waals surface area (Å²) < 4.78 is 13.9.